The molecule has 164 valence electrons. The molecule has 0 aliphatic rings. The molecule has 4 nitrogen and oxygen atoms in total. The van der Waals surface area contributed by atoms with E-state index in [0.717, 1.165) is 22.7 Å². The molecule has 2 aromatic rings. The molecule has 0 aliphatic heterocycles. The molecule has 0 amide bonds. The van der Waals surface area contributed by atoms with Crippen molar-refractivity contribution in [1.82, 2.24) is 4.98 Å². The molecule has 28 heavy (non-hydrogen) atoms. The van der Waals surface area contributed by atoms with Gasteiger partial charge in [0.25, 0.3) is 0 Å². The Bertz CT molecular complexity index is 833. The number of hydrogen-bond acceptors (Lipinski definition) is 4. The minimum Gasteiger partial charge on any atom is -0.358 e. The van der Waals surface area contributed by atoms with Crippen LogP contribution in [0.3, 0.4) is 0 Å². The second kappa shape index (κ2) is 13.0. The van der Waals surface area contributed by atoms with Gasteiger partial charge in [0.05, 0.1) is 11.3 Å². The number of halogens is 2. The summed E-state index contributed by atoms with van der Waals surface area (Å²) in [4.78, 5) is 3.99. The molecule has 0 aliphatic carbocycles. The van der Waals surface area contributed by atoms with Crippen LogP contribution in [0.1, 0.15) is 39.1 Å². The van der Waals surface area contributed by atoms with Crippen LogP contribution in [-0.2, 0) is 30.5 Å². The van der Waals surface area contributed by atoms with Crippen molar-refractivity contribution < 1.29 is 33.4 Å². The summed E-state index contributed by atoms with van der Waals surface area (Å²) in [6, 6.07) is 6.00. The Morgan fingerprint density at radius 3 is 1.75 bits per heavy atom. The molecule has 2 rings (SSSR count). The van der Waals surface area contributed by atoms with E-state index >= 15 is 0 Å². The molecule has 0 unspecified atom stereocenters. The van der Waals surface area contributed by atoms with Gasteiger partial charge in [0.15, 0.2) is 4.90 Å². The van der Waals surface area contributed by atoms with Gasteiger partial charge in [-0.3, -0.25) is 9.54 Å². The van der Waals surface area contributed by atoms with Gasteiger partial charge in [0.2, 0.25) is 0 Å². The molecule has 0 bridgehead atoms. The fourth-order valence-corrected chi connectivity index (χ4v) is 10.4. The smallest absolute Gasteiger partial charge is 0.300 e. The maximum atomic E-state index is 11.5. The summed E-state index contributed by atoms with van der Waals surface area (Å²) >= 11 is 13.0. The van der Waals surface area contributed by atoms with Crippen LogP contribution in [0.5, 0.6) is 0 Å². The van der Waals surface area contributed by atoms with E-state index in [1.807, 2.05) is 59.7 Å². The third-order valence-corrected chi connectivity index (χ3v) is 10.5. The average Bonchev–Trinajstić information content (AvgIpc) is 2.73. The molecular formula is C18H28Cl2NO3PPdS2. The van der Waals surface area contributed by atoms with Crippen LogP contribution in [0.2, 0.25) is 8.67 Å². The molecular weight excluding hydrogens is 551 g/mol. The third kappa shape index (κ3) is 8.66. The fourth-order valence-electron chi connectivity index (χ4n) is 2.76. The van der Waals surface area contributed by atoms with E-state index in [-0.39, 0.29) is 37.1 Å². The number of thiophene rings is 1. The Balaban J connectivity index is 0. The summed E-state index contributed by atoms with van der Waals surface area (Å²) in [5, 5.41) is 0.546. The molecule has 0 radical (unpaired) electrons. The molecule has 0 saturated heterocycles. The second-order valence-corrected chi connectivity index (χ2v) is 13.8. The Hall–Kier alpha value is 0.432. The normalized spacial score (nSPS) is 11.0. The predicted octanol–water partition coefficient (Wildman–Crippen LogP) is 6.10. The monoisotopic (exact) mass is 577 g/mol. The zero-order valence-corrected chi connectivity index (χ0v) is 22.7. The van der Waals surface area contributed by atoms with Crippen LogP contribution in [0.4, 0.5) is 0 Å². The van der Waals surface area contributed by atoms with Crippen LogP contribution >= 0.6 is 42.5 Å². The molecule has 2 heterocycles. The first kappa shape index (κ1) is 30.6. The Morgan fingerprint density at radius 2 is 1.46 bits per heavy atom. The van der Waals surface area contributed by atoms with Crippen molar-refractivity contribution >= 4 is 57.9 Å². The summed E-state index contributed by atoms with van der Waals surface area (Å²) in [6.45, 7) is 12.1. The van der Waals surface area contributed by atoms with E-state index in [0.29, 0.717) is 21.0 Å². The summed E-state index contributed by atoms with van der Waals surface area (Å²) < 4.78 is 32.7. The Kier molecular flexibility index (Phi) is 14.2. The molecule has 0 fully saturated rings. The molecule has 0 spiro atoms. The van der Waals surface area contributed by atoms with Gasteiger partial charge in [-0.2, -0.15) is 8.42 Å². The van der Waals surface area contributed by atoms with Crippen molar-refractivity contribution in [2.75, 3.05) is 0 Å². The van der Waals surface area contributed by atoms with Crippen LogP contribution in [0.25, 0.3) is 0 Å². The van der Waals surface area contributed by atoms with Crippen LogP contribution < -0.4 is 5.30 Å². The van der Waals surface area contributed by atoms with Gasteiger partial charge in [0.1, 0.15) is 14.0 Å². The number of aryl methyl sites for hydroxylation is 2. The first-order chi connectivity index (χ1) is 11.9. The standard InChI is InChI=1S/C10H15Cl2O3PS2.C7H9N.CH3.Pd/c1-5(2)16(6(3)4)7-8(18(13,14)15)10(12)17-9(7)11;1-6-4-3-5-7(2)8-6;;/h5-6H,1-4H3,(H,13,14,15);3-5H,1-2H3;1H3;/q;;-1;/p+1. The Morgan fingerprint density at radius 1 is 1.04 bits per heavy atom. The molecule has 10 heteroatoms. The summed E-state index contributed by atoms with van der Waals surface area (Å²) in [5.74, 6) is 0. The quantitative estimate of drug-likeness (QED) is 0.206. The number of aromatic nitrogens is 1. The van der Waals surface area contributed by atoms with Crippen LogP contribution in [-0.4, -0.2) is 29.3 Å². The van der Waals surface area contributed by atoms with Gasteiger partial charge < -0.3 is 7.43 Å². The Labute approximate surface area is 198 Å². The van der Waals surface area contributed by atoms with Crippen LogP contribution in [0, 0.1) is 21.3 Å². The van der Waals surface area contributed by atoms with Crippen molar-refractivity contribution in [2.45, 2.75) is 57.8 Å². The molecule has 0 atom stereocenters. The first-order valence-electron chi connectivity index (χ1n) is 8.08. The number of hydrogen-bond donors (Lipinski definition) is 1. The predicted molar refractivity (Wildman–Crippen MR) is 122 cm³/mol. The summed E-state index contributed by atoms with van der Waals surface area (Å²) in [5.41, 5.74) is 2.76. The number of pyridine rings is 1. The van der Waals surface area contributed by atoms with Gasteiger partial charge in [-0.05, 0) is 53.7 Å². The maximum Gasteiger partial charge on any atom is 0.300 e. The third-order valence-electron chi connectivity index (χ3n) is 3.60. The minimum atomic E-state index is -4.34. The SMILES string of the molecule is CC(C)[PH+](c1c(Cl)sc(Cl)c1S(=O)(=O)O)C(C)C.Cc1cccc(C)n1.[CH3-].[Pd]. The van der Waals surface area contributed by atoms with E-state index < -0.39 is 18.0 Å². The van der Waals surface area contributed by atoms with E-state index in [9.17, 15) is 13.0 Å². The van der Waals surface area contributed by atoms with Crippen molar-refractivity contribution in [3.63, 3.8) is 0 Å². The summed E-state index contributed by atoms with van der Waals surface area (Å²) in [7, 11) is -5.56. The number of rotatable bonds is 4. The molecule has 1 N–H and O–H groups in total. The van der Waals surface area contributed by atoms with Gasteiger partial charge >= 0.3 is 10.1 Å². The van der Waals surface area contributed by atoms with Crippen molar-refractivity contribution in [1.29, 1.82) is 0 Å². The average molecular weight is 579 g/mol. The first-order valence-corrected chi connectivity index (χ1v) is 12.8. The van der Waals surface area contributed by atoms with E-state index in [4.69, 9.17) is 23.2 Å². The van der Waals surface area contributed by atoms with Crippen molar-refractivity contribution in [2.24, 2.45) is 0 Å². The summed E-state index contributed by atoms with van der Waals surface area (Å²) in [6.07, 6.45) is 0. The van der Waals surface area contributed by atoms with E-state index in [1.54, 1.807) is 0 Å². The van der Waals surface area contributed by atoms with Gasteiger partial charge in [-0.1, -0.05) is 29.3 Å². The van der Waals surface area contributed by atoms with Crippen LogP contribution in [0.15, 0.2) is 23.1 Å². The zero-order chi connectivity index (χ0) is 20.2. The van der Waals surface area contributed by atoms with E-state index in [2.05, 4.69) is 4.98 Å². The van der Waals surface area contributed by atoms with Gasteiger partial charge in [-0.25, -0.2) is 0 Å². The van der Waals surface area contributed by atoms with Gasteiger partial charge in [-0.15, -0.1) is 11.3 Å². The maximum absolute atomic E-state index is 11.5. The largest absolute Gasteiger partial charge is 0.358 e. The molecule has 0 saturated carbocycles. The fraction of sp³-hybridized carbons (Fsp3) is 0.444. The zero-order valence-electron chi connectivity index (χ0n) is 17.0. The topological polar surface area (TPSA) is 67.3 Å². The molecule has 2 aromatic heterocycles. The number of nitrogens with zero attached hydrogens (tertiary/aromatic N) is 1. The minimum absolute atomic E-state index is 0. The van der Waals surface area contributed by atoms with Crippen molar-refractivity contribution in [3.8, 4) is 0 Å². The molecule has 0 aromatic carbocycles. The van der Waals surface area contributed by atoms with Gasteiger partial charge in [0, 0.05) is 39.7 Å². The van der Waals surface area contributed by atoms with E-state index in [1.165, 1.54) is 0 Å². The second-order valence-electron chi connectivity index (χ2n) is 6.51. The van der Waals surface area contributed by atoms with Crippen molar-refractivity contribution in [3.05, 3.63) is 45.7 Å².